The summed E-state index contributed by atoms with van der Waals surface area (Å²) >= 11 is 12.3. The second-order valence-corrected chi connectivity index (χ2v) is 5.65. The molecule has 0 saturated heterocycles. The van der Waals surface area contributed by atoms with Crippen LogP contribution in [0.2, 0.25) is 10.0 Å². The summed E-state index contributed by atoms with van der Waals surface area (Å²) in [5, 5.41) is 0.633. The molecule has 0 radical (unpaired) electrons. The summed E-state index contributed by atoms with van der Waals surface area (Å²) in [4.78, 5) is 12.9. The minimum atomic E-state index is -0.271. The van der Waals surface area contributed by atoms with Gasteiger partial charge in [0.2, 0.25) is 0 Å². The maximum absolute atomic E-state index is 12.9. The number of benzene rings is 3. The van der Waals surface area contributed by atoms with Crippen LogP contribution in [-0.2, 0) is 0 Å². The number of carbonyl (C=O) groups is 1. The van der Waals surface area contributed by atoms with Gasteiger partial charge in [-0.15, -0.1) is 0 Å². The summed E-state index contributed by atoms with van der Waals surface area (Å²) in [7, 11) is 0. The predicted octanol–water partition coefficient (Wildman–Crippen LogP) is 6.02. The van der Waals surface area contributed by atoms with Crippen LogP contribution in [0.3, 0.4) is 0 Å². The van der Waals surface area contributed by atoms with E-state index in [0.29, 0.717) is 27.1 Å². The topological polar surface area (TPSA) is 26.3 Å². The lowest BCUT2D eigenvalue weighted by atomic mass is 10.0. The van der Waals surface area contributed by atoms with Crippen molar-refractivity contribution >= 4 is 29.0 Å². The van der Waals surface area contributed by atoms with E-state index in [1.54, 1.807) is 36.4 Å². The van der Waals surface area contributed by atoms with Crippen molar-refractivity contribution in [2.24, 2.45) is 0 Å². The van der Waals surface area contributed by atoms with Gasteiger partial charge in [-0.2, -0.15) is 0 Å². The van der Waals surface area contributed by atoms with E-state index in [-0.39, 0.29) is 11.3 Å². The van der Waals surface area contributed by atoms with Crippen LogP contribution in [-0.4, -0.2) is 5.78 Å². The third-order valence-corrected chi connectivity index (χ3v) is 3.92. The van der Waals surface area contributed by atoms with Gasteiger partial charge >= 0.3 is 0 Å². The van der Waals surface area contributed by atoms with Gasteiger partial charge < -0.3 is 4.74 Å². The molecule has 3 aromatic carbocycles. The van der Waals surface area contributed by atoms with Crippen LogP contribution in [0.4, 0.5) is 0 Å². The van der Waals surface area contributed by atoms with Crippen LogP contribution in [0.25, 0.3) is 0 Å². The van der Waals surface area contributed by atoms with Gasteiger partial charge in [0.1, 0.15) is 11.5 Å². The molecule has 0 N–H and O–H groups in total. The van der Waals surface area contributed by atoms with Crippen LogP contribution in [0, 0.1) is 0 Å². The Labute approximate surface area is 144 Å². The van der Waals surface area contributed by atoms with Crippen molar-refractivity contribution in [2.45, 2.75) is 0 Å². The molecule has 0 aliphatic heterocycles. The van der Waals surface area contributed by atoms with Gasteiger partial charge in [0, 0.05) is 0 Å². The van der Waals surface area contributed by atoms with Gasteiger partial charge in [0.25, 0.3) is 0 Å². The van der Waals surface area contributed by atoms with Crippen molar-refractivity contribution in [3.63, 3.8) is 0 Å². The molecule has 0 aliphatic rings. The molecule has 0 bridgehead atoms. The van der Waals surface area contributed by atoms with Gasteiger partial charge in [-0.3, -0.25) is 4.79 Å². The highest BCUT2D eigenvalue weighted by Crippen LogP contribution is 2.31. The number of carbonyl (C=O) groups excluding carboxylic acids is 1. The number of ketones is 1. The summed E-state index contributed by atoms with van der Waals surface area (Å²) in [6.07, 6.45) is 0. The summed E-state index contributed by atoms with van der Waals surface area (Å²) in [5.41, 5.74) is 0.686. The first-order valence-corrected chi connectivity index (χ1v) is 7.73. The molecule has 114 valence electrons. The quantitative estimate of drug-likeness (QED) is 0.542. The third-order valence-electron chi connectivity index (χ3n) is 3.29. The first-order valence-electron chi connectivity index (χ1n) is 6.97. The Morgan fingerprint density at radius 1 is 0.739 bits per heavy atom. The molecule has 0 fully saturated rings. The predicted molar refractivity (Wildman–Crippen MR) is 92.9 cm³/mol. The molecule has 0 aromatic heterocycles. The Morgan fingerprint density at radius 2 is 1.35 bits per heavy atom. The van der Waals surface area contributed by atoms with E-state index >= 15 is 0 Å². The van der Waals surface area contributed by atoms with Crippen LogP contribution in [0.1, 0.15) is 15.9 Å². The Balaban J connectivity index is 2.02. The van der Waals surface area contributed by atoms with E-state index < -0.39 is 0 Å². The van der Waals surface area contributed by atoms with E-state index in [2.05, 4.69) is 0 Å². The van der Waals surface area contributed by atoms with Crippen LogP contribution < -0.4 is 4.74 Å². The van der Waals surface area contributed by atoms with Crippen molar-refractivity contribution in [2.75, 3.05) is 0 Å². The average molecular weight is 343 g/mol. The zero-order valence-corrected chi connectivity index (χ0v) is 13.5. The lowest BCUT2D eigenvalue weighted by Gasteiger charge is -2.12. The number of halogens is 2. The molecule has 0 aliphatic carbocycles. The highest BCUT2D eigenvalue weighted by molar-refractivity contribution is 6.41. The lowest BCUT2D eigenvalue weighted by molar-refractivity contribution is 0.103. The average Bonchev–Trinajstić information content (AvgIpc) is 2.56. The number of rotatable bonds is 4. The lowest BCUT2D eigenvalue weighted by Crippen LogP contribution is -2.05. The number of para-hydroxylation sites is 2. The van der Waals surface area contributed by atoms with Gasteiger partial charge in [-0.1, -0.05) is 59.6 Å². The van der Waals surface area contributed by atoms with Crippen molar-refractivity contribution in [1.82, 2.24) is 0 Å². The number of ether oxygens (including phenoxy) is 1. The minimum absolute atomic E-state index is 0.271. The smallest absolute Gasteiger partial charge is 0.199 e. The summed E-state index contributed by atoms with van der Waals surface area (Å²) in [6.45, 7) is 0. The van der Waals surface area contributed by atoms with Gasteiger partial charge in [-0.25, -0.2) is 0 Å². The third kappa shape index (κ3) is 3.39. The fourth-order valence-corrected chi connectivity index (χ4v) is 2.78. The molecule has 3 rings (SSSR count). The fraction of sp³-hybridized carbons (Fsp3) is 0. The molecule has 3 aromatic rings. The molecular formula is C19H12Cl2O2. The first kappa shape index (κ1) is 15.6. The largest absolute Gasteiger partial charge is 0.457 e. The summed E-state index contributed by atoms with van der Waals surface area (Å²) in [6, 6.07) is 21.3. The van der Waals surface area contributed by atoms with Crippen LogP contribution >= 0.6 is 23.2 Å². The molecular weight excluding hydrogens is 331 g/mol. The molecule has 0 atom stereocenters. The molecule has 0 saturated carbocycles. The minimum Gasteiger partial charge on any atom is -0.457 e. The van der Waals surface area contributed by atoms with Crippen molar-refractivity contribution in [3.8, 4) is 11.5 Å². The highest BCUT2D eigenvalue weighted by Gasteiger charge is 2.20. The first-order chi connectivity index (χ1) is 11.2. The maximum Gasteiger partial charge on any atom is 0.199 e. The second-order valence-electron chi connectivity index (χ2n) is 4.84. The van der Waals surface area contributed by atoms with Crippen molar-refractivity contribution < 1.29 is 9.53 Å². The SMILES string of the molecule is O=C(c1ccccc1Oc1ccccc1)c1c(Cl)cccc1Cl. The maximum atomic E-state index is 12.9. The summed E-state index contributed by atoms with van der Waals surface area (Å²) in [5.74, 6) is 0.838. The molecule has 23 heavy (non-hydrogen) atoms. The summed E-state index contributed by atoms with van der Waals surface area (Å²) < 4.78 is 5.82. The molecule has 0 spiro atoms. The van der Waals surface area contributed by atoms with Gasteiger partial charge in [-0.05, 0) is 36.4 Å². The van der Waals surface area contributed by atoms with Gasteiger partial charge in [0.15, 0.2) is 5.78 Å². The van der Waals surface area contributed by atoms with Crippen molar-refractivity contribution in [3.05, 3.63) is 94.0 Å². The number of hydrogen-bond acceptors (Lipinski definition) is 2. The van der Waals surface area contributed by atoms with E-state index in [9.17, 15) is 4.79 Å². The molecule has 2 nitrogen and oxygen atoms in total. The second kappa shape index (κ2) is 6.86. The zero-order valence-electron chi connectivity index (χ0n) is 12.0. The Kier molecular flexibility index (Phi) is 4.65. The normalized spacial score (nSPS) is 10.3. The van der Waals surface area contributed by atoms with Crippen molar-refractivity contribution in [1.29, 1.82) is 0 Å². The van der Waals surface area contributed by atoms with E-state index in [1.807, 2.05) is 36.4 Å². The number of hydrogen-bond donors (Lipinski definition) is 0. The molecule has 0 heterocycles. The fourth-order valence-electron chi connectivity index (χ4n) is 2.21. The van der Waals surface area contributed by atoms with E-state index in [1.165, 1.54) is 0 Å². The van der Waals surface area contributed by atoms with E-state index in [4.69, 9.17) is 27.9 Å². The Morgan fingerprint density at radius 3 is 2.04 bits per heavy atom. The van der Waals surface area contributed by atoms with Crippen LogP contribution in [0.5, 0.6) is 11.5 Å². The van der Waals surface area contributed by atoms with E-state index in [0.717, 1.165) is 0 Å². The Bertz CT molecular complexity index is 825. The monoisotopic (exact) mass is 342 g/mol. The van der Waals surface area contributed by atoms with Crippen LogP contribution in [0.15, 0.2) is 72.8 Å². The molecule has 4 heteroatoms. The molecule has 0 amide bonds. The Hall–Kier alpha value is -2.29. The zero-order chi connectivity index (χ0) is 16.2. The van der Waals surface area contributed by atoms with Gasteiger partial charge in [0.05, 0.1) is 21.2 Å². The molecule has 0 unspecified atom stereocenters. The standard InChI is InChI=1S/C19H12Cl2O2/c20-15-10-6-11-16(21)18(15)19(22)14-9-4-5-12-17(14)23-13-7-2-1-3-8-13/h1-12H. The highest BCUT2D eigenvalue weighted by atomic mass is 35.5.